The molecule has 11 heteroatoms. The topological polar surface area (TPSA) is 142 Å². The lowest BCUT2D eigenvalue weighted by molar-refractivity contribution is -0.162. The molecule has 0 spiro atoms. The highest BCUT2D eigenvalue weighted by Gasteiger charge is 2.50. The number of hydrogen-bond acceptors (Lipinski definition) is 7. The van der Waals surface area contributed by atoms with Gasteiger partial charge >= 0.3 is 5.97 Å². The molecule has 3 aliphatic rings. The van der Waals surface area contributed by atoms with Crippen LogP contribution in [0.2, 0.25) is 5.02 Å². The van der Waals surface area contributed by atoms with Gasteiger partial charge in [-0.15, -0.1) is 0 Å². The van der Waals surface area contributed by atoms with Crippen LogP contribution in [0.1, 0.15) is 62.6 Å². The number of amides is 2. The Bertz CT molecular complexity index is 1130. The molecule has 2 heterocycles. The monoisotopic (exact) mass is 547 g/mol. The Morgan fingerprint density at radius 2 is 2.03 bits per heavy atom. The summed E-state index contributed by atoms with van der Waals surface area (Å²) in [6, 6.07) is 3.00. The van der Waals surface area contributed by atoms with Gasteiger partial charge in [-0.3, -0.25) is 14.4 Å². The number of aliphatic carboxylic acids is 1. The van der Waals surface area contributed by atoms with Gasteiger partial charge in [-0.25, -0.2) is 5.84 Å². The lowest BCUT2D eigenvalue weighted by Gasteiger charge is -2.45. The number of carbonyl (C=O) groups excluding carboxylic acids is 2. The molecule has 4 rings (SSSR count). The molecule has 1 aromatic rings. The lowest BCUT2D eigenvalue weighted by atomic mass is 9.66. The molecule has 1 saturated carbocycles. The third-order valence-electron chi connectivity index (χ3n) is 8.18. The van der Waals surface area contributed by atoms with E-state index in [1.807, 2.05) is 0 Å². The first-order chi connectivity index (χ1) is 18.0. The number of hydrogen-bond donors (Lipinski definition) is 3. The number of likely N-dealkylation sites (tertiary alicyclic amines) is 1. The fourth-order valence-electron chi connectivity index (χ4n) is 6.11. The molecule has 0 bridgehead atoms. The van der Waals surface area contributed by atoms with E-state index in [0.717, 1.165) is 30.4 Å². The molecule has 0 radical (unpaired) electrons. The van der Waals surface area contributed by atoms with Crippen molar-refractivity contribution in [1.82, 2.24) is 14.8 Å². The zero-order valence-corrected chi connectivity index (χ0v) is 22.9. The molecular weight excluding hydrogens is 510 g/mol. The maximum absolute atomic E-state index is 14.2. The van der Waals surface area contributed by atoms with Crippen LogP contribution in [0.15, 0.2) is 24.0 Å². The van der Waals surface area contributed by atoms with Gasteiger partial charge in [-0.2, -0.15) is 0 Å². The van der Waals surface area contributed by atoms with Crippen LogP contribution in [0.25, 0.3) is 0 Å². The minimum Gasteiger partial charge on any atom is -0.487 e. The summed E-state index contributed by atoms with van der Waals surface area (Å²) in [4.78, 5) is 42.7. The first-order valence-corrected chi connectivity index (χ1v) is 13.6. The van der Waals surface area contributed by atoms with E-state index < -0.39 is 23.3 Å². The Morgan fingerprint density at radius 1 is 1.26 bits per heavy atom. The van der Waals surface area contributed by atoms with E-state index in [9.17, 15) is 19.5 Å². The van der Waals surface area contributed by atoms with E-state index in [-0.39, 0.29) is 18.4 Å². The number of carbonyl (C=O) groups is 3. The summed E-state index contributed by atoms with van der Waals surface area (Å²) in [5.74, 6) is 4.46. The molecule has 3 atom stereocenters. The minimum absolute atomic E-state index is 0.0419. The van der Waals surface area contributed by atoms with Crippen molar-refractivity contribution in [3.8, 4) is 5.75 Å². The Hall–Kier alpha value is -2.98. The number of nitrogens with two attached hydrogens (primary N) is 2. The number of carboxylic acid groups (broad SMARTS) is 1. The van der Waals surface area contributed by atoms with Gasteiger partial charge in [-0.1, -0.05) is 24.4 Å². The van der Waals surface area contributed by atoms with Crippen molar-refractivity contribution in [2.24, 2.45) is 22.9 Å². The molecule has 1 aromatic carbocycles. The normalized spacial score (nSPS) is 25.8. The molecule has 0 aromatic heterocycles. The summed E-state index contributed by atoms with van der Waals surface area (Å²) in [5, 5.41) is 12.0. The van der Waals surface area contributed by atoms with Crippen LogP contribution in [0, 0.1) is 11.3 Å². The van der Waals surface area contributed by atoms with Gasteiger partial charge in [0, 0.05) is 49.9 Å². The number of ether oxygens (including phenoxy) is 1. The van der Waals surface area contributed by atoms with Crippen molar-refractivity contribution in [3.63, 3.8) is 0 Å². The highest BCUT2D eigenvalue weighted by Crippen LogP contribution is 2.46. The summed E-state index contributed by atoms with van der Waals surface area (Å²) in [6.45, 7) is 3.04. The van der Waals surface area contributed by atoms with E-state index in [4.69, 9.17) is 27.9 Å². The number of halogens is 1. The SMILES string of the molecule is CN(N)/C=C(\N)COc1ccc(Cl)c2c1[C@@H](CN1CCCC1=O)N(C(=O)[C@@H]1CCCC[C@]1(C)C(=O)O)CC2. The van der Waals surface area contributed by atoms with E-state index >= 15 is 0 Å². The molecule has 208 valence electrons. The van der Waals surface area contributed by atoms with Crippen molar-refractivity contribution in [2.75, 3.05) is 33.3 Å². The van der Waals surface area contributed by atoms with Gasteiger partial charge in [0.1, 0.15) is 12.4 Å². The van der Waals surface area contributed by atoms with Crippen LogP contribution < -0.4 is 16.3 Å². The Balaban J connectivity index is 1.74. The molecule has 0 unspecified atom stereocenters. The predicted molar refractivity (Wildman–Crippen MR) is 143 cm³/mol. The molecule has 2 fully saturated rings. The van der Waals surface area contributed by atoms with Gasteiger partial charge in [0.2, 0.25) is 11.8 Å². The van der Waals surface area contributed by atoms with Gasteiger partial charge in [0.25, 0.3) is 0 Å². The Morgan fingerprint density at radius 3 is 2.68 bits per heavy atom. The quantitative estimate of drug-likeness (QED) is 0.333. The molecular formula is C27H38ClN5O5. The third-order valence-corrected chi connectivity index (χ3v) is 8.53. The van der Waals surface area contributed by atoms with E-state index in [1.165, 1.54) is 5.01 Å². The van der Waals surface area contributed by atoms with Crippen molar-refractivity contribution in [1.29, 1.82) is 0 Å². The Kier molecular flexibility index (Phi) is 8.42. The molecule has 10 nitrogen and oxygen atoms in total. The van der Waals surface area contributed by atoms with E-state index in [2.05, 4.69) is 0 Å². The highest BCUT2D eigenvalue weighted by molar-refractivity contribution is 6.31. The van der Waals surface area contributed by atoms with Gasteiger partial charge in [0.05, 0.1) is 23.1 Å². The average molecular weight is 548 g/mol. The minimum atomic E-state index is -1.13. The van der Waals surface area contributed by atoms with E-state index in [0.29, 0.717) is 61.8 Å². The Labute approximate surface area is 228 Å². The summed E-state index contributed by atoms with van der Waals surface area (Å²) in [6.07, 6.45) is 5.84. The third kappa shape index (κ3) is 5.56. The van der Waals surface area contributed by atoms with Crippen LogP contribution in [-0.4, -0.2) is 71.0 Å². The number of nitrogens with zero attached hydrogens (tertiary/aromatic N) is 3. The van der Waals surface area contributed by atoms with Crippen molar-refractivity contribution >= 4 is 29.4 Å². The standard InChI is InChI=1S/C27H38ClN5O5/c1-27(26(36)37)11-4-3-6-19(27)25(35)33-13-10-18-20(28)8-9-22(38-16-17(29)14-31(2)30)24(18)21(33)15-32-12-5-7-23(32)34/h8-9,14,19,21H,3-7,10-13,15-16,29-30H2,1-2H3,(H,36,37)/b17-14-/t19-,21+,27-/m0/s1. The van der Waals surface area contributed by atoms with E-state index in [1.54, 1.807) is 42.1 Å². The van der Waals surface area contributed by atoms with Crippen LogP contribution >= 0.6 is 11.6 Å². The second kappa shape index (κ2) is 11.4. The fourth-order valence-corrected chi connectivity index (χ4v) is 6.37. The van der Waals surface area contributed by atoms with Crippen LogP contribution in [-0.2, 0) is 20.8 Å². The van der Waals surface area contributed by atoms with Crippen LogP contribution in [0.5, 0.6) is 5.75 Å². The molecule has 2 aliphatic heterocycles. The van der Waals surface area contributed by atoms with Gasteiger partial charge in [-0.05, 0) is 50.3 Å². The average Bonchev–Trinajstić information content (AvgIpc) is 3.27. The lowest BCUT2D eigenvalue weighted by Crippen LogP contribution is -2.52. The summed E-state index contributed by atoms with van der Waals surface area (Å²) in [7, 11) is 1.65. The van der Waals surface area contributed by atoms with Gasteiger partial charge in [0.15, 0.2) is 0 Å². The molecule has 2 amide bonds. The zero-order chi connectivity index (χ0) is 27.6. The number of hydrazine groups is 1. The number of benzene rings is 1. The van der Waals surface area contributed by atoms with Crippen LogP contribution in [0.4, 0.5) is 0 Å². The fraction of sp³-hybridized carbons (Fsp3) is 0.593. The van der Waals surface area contributed by atoms with Crippen LogP contribution in [0.3, 0.4) is 0 Å². The number of carboxylic acids is 1. The predicted octanol–water partition coefficient (Wildman–Crippen LogP) is 2.65. The zero-order valence-electron chi connectivity index (χ0n) is 22.1. The van der Waals surface area contributed by atoms with Gasteiger partial charge < -0.3 is 30.4 Å². The molecule has 1 aliphatic carbocycles. The number of rotatable bonds is 8. The summed E-state index contributed by atoms with van der Waals surface area (Å²) < 4.78 is 6.13. The first kappa shape index (κ1) is 28.0. The summed E-state index contributed by atoms with van der Waals surface area (Å²) >= 11 is 6.64. The largest absolute Gasteiger partial charge is 0.487 e. The smallest absolute Gasteiger partial charge is 0.310 e. The molecule has 1 saturated heterocycles. The second-order valence-corrected chi connectivity index (χ2v) is 11.3. The molecule has 5 N–H and O–H groups in total. The summed E-state index contributed by atoms with van der Waals surface area (Å²) in [5.41, 5.74) is 6.95. The second-order valence-electron chi connectivity index (χ2n) is 10.9. The maximum atomic E-state index is 14.2. The van der Waals surface area contributed by atoms with Crippen molar-refractivity contribution in [3.05, 3.63) is 40.2 Å². The molecule has 38 heavy (non-hydrogen) atoms. The number of fused-ring (bicyclic) bond motifs is 1. The first-order valence-electron chi connectivity index (χ1n) is 13.2. The maximum Gasteiger partial charge on any atom is 0.310 e. The highest BCUT2D eigenvalue weighted by atomic mass is 35.5. The van der Waals surface area contributed by atoms with Crippen molar-refractivity contribution < 1.29 is 24.2 Å². The van der Waals surface area contributed by atoms with Crippen molar-refractivity contribution in [2.45, 2.75) is 57.9 Å².